The van der Waals surface area contributed by atoms with Crippen LogP contribution in [0.4, 0.5) is 0 Å². The summed E-state index contributed by atoms with van der Waals surface area (Å²) < 4.78 is 32.5. The van der Waals surface area contributed by atoms with Crippen molar-refractivity contribution in [2.45, 2.75) is 174 Å². The fraction of sp³-hybridized carbons (Fsp3) is 0.838. The van der Waals surface area contributed by atoms with Crippen LogP contribution in [0.15, 0.2) is 24.3 Å². The van der Waals surface area contributed by atoms with Crippen molar-refractivity contribution in [3.05, 3.63) is 24.3 Å². The monoisotopic (exact) mass is 704 g/mol. The Bertz CT molecular complexity index is 863. The summed E-state index contributed by atoms with van der Waals surface area (Å²) in [4.78, 5) is 34.8. The van der Waals surface area contributed by atoms with Gasteiger partial charge in [-0.1, -0.05) is 109 Å². The first kappa shape index (κ1) is 46.5. The van der Waals surface area contributed by atoms with Gasteiger partial charge in [0.15, 0.2) is 6.10 Å². The zero-order chi connectivity index (χ0) is 35.6. The van der Waals surface area contributed by atoms with Crippen LogP contribution in [0, 0.1) is 0 Å². The van der Waals surface area contributed by atoms with Gasteiger partial charge in [0, 0.05) is 12.8 Å². The van der Waals surface area contributed by atoms with Gasteiger partial charge in [0.1, 0.15) is 12.7 Å². The van der Waals surface area contributed by atoms with E-state index in [0.29, 0.717) is 12.8 Å². The van der Waals surface area contributed by atoms with Gasteiger partial charge in [-0.05, 0) is 64.2 Å². The molecule has 1 unspecified atom stereocenters. The molecule has 282 valence electrons. The number of carbonyl (C=O) groups excluding carboxylic acids is 2. The van der Waals surface area contributed by atoms with E-state index < -0.39 is 51.8 Å². The molecule has 0 heterocycles. The Morgan fingerprint density at radius 2 is 1.02 bits per heavy atom. The highest BCUT2D eigenvalue weighted by molar-refractivity contribution is 7.47. The van der Waals surface area contributed by atoms with E-state index in [4.69, 9.17) is 19.1 Å². The van der Waals surface area contributed by atoms with E-state index in [1.54, 1.807) is 0 Å². The zero-order valence-electron chi connectivity index (χ0n) is 30.2. The number of esters is 2. The van der Waals surface area contributed by atoms with E-state index in [9.17, 15) is 24.2 Å². The summed E-state index contributed by atoms with van der Waals surface area (Å²) in [5.41, 5.74) is 0. The lowest BCUT2D eigenvalue weighted by Gasteiger charge is -2.20. The van der Waals surface area contributed by atoms with E-state index in [1.165, 1.54) is 44.9 Å². The summed E-state index contributed by atoms with van der Waals surface area (Å²) in [6.45, 7) is 2.30. The van der Waals surface area contributed by atoms with Gasteiger partial charge in [-0.3, -0.25) is 18.6 Å². The van der Waals surface area contributed by atoms with Gasteiger partial charge in [0.05, 0.1) is 19.8 Å². The summed E-state index contributed by atoms with van der Waals surface area (Å²) in [5, 5.41) is 18.2. The van der Waals surface area contributed by atoms with Gasteiger partial charge in [0.25, 0.3) is 0 Å². The Hall–Kier alpha value is -1.55. The van der Waals surface area contributed by atoms with E-state index in [2.05, 4.69) is 42.7 Å². The molecule has 0 amide bonds. The lowest BCUT2D eigenvalue weighted by molar-refractivity contribution is -0.161. The maximum absolute atomic E-state index is 12.5. The predicted octanol–water partition coefficient (Wildman–Crippen LogP) is 9.05. The minimum atomic E-state index is -4.61. The molecule has 0 aliphatic heterocycles. The number of aliphatic hydroxyl groups is 2. The number of hydrogen-bond donors (Lipinski definition) is 3. The summed E-state index contributed by atoms with van der Waals surface area (Å²) in [5.74, 6) is -0.947. The van der Waals surface area contributed by atoms with Crippen molar-refractivity contribution in [1.82, 2.24) is 0 Å². The number of unbranched alkanes of at least 4 members (excludes halogenated alkanes) is 17. The molecule has 10 nitrogen and oxygen atoms in total. The summed E-state index contributed by atoms with van der Waals surface area (Å²) in [6, 6.07) is 0. The largest absolute Gasteiger partial charge is 0.472 e. The molecule has 0 aromatic carbocycles. The van der Waals surface area contributed by atoms with Crippen molar-refractivity contribution in [1.29, 1.82) is 0 Å². The smallest absolute Gasteiger partial charge is 0.462 e. The van der Waals surface area contributed by atoms with Gasteiger partial charge >= 0.3 is 19.8 Å². The number of hydrogen-bond acceptors (Lipinski definition) is 9. The molecule has 48 heavy (non-hydrogen) atoms. The van der Waals surface area contributed by atoms with Crippen LogP contribution in [0.2, 0.25) is 0 Å². The van der Waals surface area contributed by atoms with E-state index >= 15 is 0 Å². The van der Waals surface area contributed by atoms with Crippen LogP contribution >= 0.6 is 7.82 Å². The maximum Gasteiger partial charge on any atom is 0.472 e. The van der Waals surface area contributed by atoms with Gasteiger partial charge in [-0.25, -0.2) is 4.57 Å². The highest BCUT2D eigenvalue weighted by Gasteiger charge is 2.27. The van der Waals surface area contributed by atoms with Crippen LogP contribution in [-0.2, 0) is 32.7 Å². The van der Waals surface area contributed by atoms with Crippen molar-refractivity contribution in [3.63, 3.8) is 0 Å². The average Bonchev–Trinajstić information content (AvgIpc) is 3.07. The lowest BCUT2D eigenvalue weighted by atomic mass is 10.1. The van der Waals surface area contributed by atoms with Gasteiger partial charge in [-0.2, -0.15) is 0 Å². The number of carbonyl (C=O) groups is 2. The topological polar surface area (TPSA) is 149 Å². The number of phosphoric ester groups is 1. The molecular weight excluding hydrogens is 635 g/mol. The molecule has 0 saturated carbocycles. The van der Waals surface area contributed by atoms with Gasteiger partial charge in [-0.15, -0.1) is 0 Å². The highest BCUT2D eigenvalue weighted by Crippen LogP contribution is 2.43. The molecule has 0 bridgehead atoms. The average molecular weight is 705 g/mol. The zero-order valence-corrected chi connectivity index (χ0v) is 31.1. The second-order valence-corrected chi connectivity index (χ2v) is 14.0. The van der Waals surface area contributed by atoms with Crippen molar-refractivity contribution in [2.75, 3.05) is 26.4 Å². The fourth-order valence-corrected chi connectivity index (χ4v) is 5.65. The van der Waals surface area contributed by atoms with E-state index in [-0.39, 0.29) is 19.4 Å². The number of ether oxygens (including phenoxy) is 2. The first-order valence-electron chi connectivity index (χ1n) is 18.8. The Balaban J connectivity index is 4.40. The van der Waals surface area contributed by atoms with Crippen LogP contribution < -0.4 is 0 Å². The molecular formula is C37H69O10P. The first-order valence-corrected chi connectivity index (χ1v) is 20.3. The molecule has 0 aliphatic carbocycles. The summed E-state index contributed by atoms with van der Waals surface area (Å²) in [7, 11) is -4.61. The molecule has 0 rings (SSSR count). The van der Waals surface area contributed by atoms with Crippen molar-refractivity contribution < 1.29 is 47.8 Å². The highest BCUT2D eigenvalue weighted by atomic mass is 31.2. The third kappa shape index (κ3) is 33.0. The van der Waals surface area contributed by atoms with E-state index in [0.717, 1.165) is 77.0 Å². The number of rotatable bonds is 35. The van der Waals surface area contributed by atoms with Crippen LogP contribution in [0.25, 0.3) is 0 Å². The number of phosphoric acid groups is 1. The molecule has 0 radical (unpaired) electrons. The van der Waals surface area contributed by atoms with Crippen molar-refractivity contribution in [3.8, 4) is 0 Å². The predicted molar refractivity (Wildman–Crippen MR) is 191 cm³/mol. The summed E-state index contributed by atoms with van der Waals surface area (Å²) >= 11 is 0. The van der Waals surface area contributed by atoms with Crippen LogP contribution in [0.5, 0.6) is 0 Å². The Kier molecular flexibility index (Phi) is 32.8. The second kappa shape index (κ2) is 33.9. The van der Waals surface area contributed by atoms with Crippen LogP contribution in [0.3, 0.4) is 0 Å². The molecule has 3 atom stereocenters. The van der Waals surface area contributed by atoms with Crippen molar-refractivity contribution >= 4 is 19.8 Å². The molecule has 0 aromatic rings. The normalized spacial score (nSPS) is 14.4. The molecule has 11 heteroatoms. The Morgan fingerprint density at radius 3 is 1.54 bits per heavy atom. The first-order chi connectivity index (χ1) is 23.2. The third-order valence-electron chi connectivity index (χ3n) is 7.83. The standard InChI is InChI=1S/C37H69O10P/c1-3-5-7-9-11-13-15-17-19-20-22-24-26-28-36(40)44-32-35(33-46-48(42,43)45-31-34(39)30-38)47-37(41)29-27-25-23-21-18-16-14-12-10-8-6-4-2/h12-15,34-35,38-39H,3-11,16-33H2,1-2H3,(H,42,43)/b14-12-,15-13-/t34-,35+/m0/s1. The molecule has 0 spiro atoms. The molecule has 0 aliphatic rings. The maximum atomic E-state index is 12.5. The van der Waals surface area contributed by atoms with Crippen LogP contribution in [-0.4, -0.2) is 65.7 Å². The minimum absolute atomic E-state index is 0.173. The second-order valence-electron chi connectivity index (χ2n) is 12.6. The third-order valence-corrected chi connectivity index (χ3v) is 8.78. The van der Waals surface area contributed by atoms with Gasteiger partial charge in [0.2, 0.25) is 0 Å². The van der Waals surface area contributed by atoms with E-state index in [1.807, 2.05) is 0 Å². The molecule has 0 aromatic heterocycles. The fourth-order valence-electron chi connectivity index (χ4n) is 4.86. The quantitative estimate of drug-likeness (QED) is 0.0252. The van der Waals surface area contributed by atoms with Crippen LogP contribution in [0.1, 0.15) is 162 Å². The number of allylic oxidation sites excluding steroid dienone is 4. The molecule has 0 saturated heterocycles. The van der Waals surface area contributed by atoms with Crippen molar-refractivity contribution in [2.24, 2.45) is 0 Å². The SMILES string of the molecule is CCCCC/C=C\CCCCCCCC(=O)O[C@H](COC(=O)CCCCCCC/C=C\CCCCCC)COP(=O)(O)OC[C@@H](O)CO. The molecule has 3 N–H and O–H groups in total. The Morgan fingerprint density at radius 1 is 0.604 bits per heavy atom. The van der Waals surface area contributed by atoms with Gasteiger partial charge < -0.3 is 24.6 Å². The summed E-state index contributed by atoms with van der Waals surface area (Å²) in [6.07, 6.45) is 30.0. The molecule has 0 fully saturated rings. The minimum Gasteiger partial charge on any atom is -0.462 e. The lowest BCUT2D eigenvalue weighted by Crippen LogP contribution is -2.29. The Labute approximate surface area is 291 Å². The number of aliphatic hydroxyl groups excluding tert-OH is 2.